The number of carboxylic acids is 1. The number of ether oxygens (including phenoxy) is 1. The van der Waals surface area contributed by atoms with Crippen LogP contribution in [-0.2, 0) is 0 Å². The van der Waals surface area contributed by atoms with Crippen molar-refractivity contribution in [2.24, 2.45) is 0 Å². The second kappa shape index (κ2) is 8.02. The number of rotatable bonds is 5. The zero-order valence-electron chi connectivity index (χ0n) is 18.6. The van der Waals surface area contributed by atoms with Crippen molar-refractivity contribution in [3.63, 3.8) is 0 Å². The van der Waals surface area contributed by atoms with Gasteiger partial charge < -0.3 is 9.84 Å². The number of carboxylic acid groups (broad SMARTS) is 1. The zero-order valence-corrected chi connectivity index (χ0v) is 18.6. The van der Waals surface area contributed by atoms with E-state index in [2.05, 4.69) is 5.10 Å². The van der Waals surface area contributed by atoms with Gasteiger partial charge in [-0.1, -0.05) is 36.4 Å². The van der Waals surface area contributed by atoms with Crippen LogP contribution in [0.4, 0.5) is 0 Å². The van der Waals surface area contributed by atoms with Gasteiger partial charge in [0.25, 0.3) is 5.69 Å². The Morgan fingerprint density at radius 1 is 1.09 bits per heavy atom. The Balaban J connectivity index is 1.70. The van der Waals surface area contributed by atoms with Gasteiger partial charge in [-0.3, -0.25) is 0 Å². The SMILES string of the molecule is Cc1ccc(O[C@@H](C)c2ccccc2)c2c(C(=O)O)cc(-c3nn4cccc[n+]4c3C)nc12. The Morgan fingerprint density at radius 2 is 1.88 bits per heavy atom. The van der Waals surface area contributed by atoms with Crippen molar-refractivity contribution >= 4 is 16.9 Å². The molecule has 3 aromatic heterocycles. The maximum atomic E-state index is 12.4. The van der Waals surface area contributed by atoms with Crippen LogP contribution < -0.4 is 9.25 Å². The van der Waals surface area contributed by atoms with E-state index < -0.39 is 5.97 Å². The summed E-state index contributed by atoms with van der Waals surface area (Å²) in [7, 11) is 0. The van der Waals surface area contributed by atoms with E-state index in [1.54, 1.807) is 10.7 Å². The topological polar surface area (TPSA) is 80.8 Å². The quantitative estimate of drug-likeness (QED) is 0.405. The van der Waals surface area contributed by atoms with Crippen LogP contribution in [0.2, 0.25) is 0 Å². The summed E-state index contributed by atoms with van der Waals surface area (Å²) in [6.07, 6.45) is 3.47. The number of aromatic nitrogens is 4. The molecule has 0 unspecified atom stereocenters. The van der Waals surface area contributed by atoms with Gasteiger partial charge >= 0.3 is 5.97 Å². The number of nitrogens with zero attached hydrogens (tertiary/aromatic N) is 4. The highest BCUT2D eigenvalue weighted by Gasteiger charge is 2.25. The van der Waals surface area contributed by atoms with Crippen molar-refractivity contribution in [2.75, 3.05) is 0 Å². The summed E-state index contributed by atoms with van der Waals surface area (Å²) in [5.41, 5.74) is 4.58. The van der Waals surface area contributed by atoms with E-state index >= 15 is 0 Å². The molecule has 33 heavy (non-hydrogen) atoms. The fraction of sp³-hybridized carbons (Fsp3) is 0.154. The lowest BCUT2D eigenvalue weighted by Gasteiger charge is -2.18. The number of aryl methyl sites for hydroxylation is 2. The molecule has 1 N–H and O–H groups in total. The maximum Gasteiger partial charge on any atom is 0.336 e. The van der Waals surface area contributed by atoms with Gasteiger partial charge in [-0.05, 0) is 53.9 Å². The van der Waals surface area contributed by atoms with E-state index in [1.807, 2.05) is 92.3 Å². The first kappa shape index (κ1) is 20.6. The number of carbonyl (C=O) groups is 1. The van der Waals surface area contributed by atoms with Crippen LogP contribution in [0.3, 0.4) is 0 Å². The Hall–Kier alpha value is -4.26. The summed E-state index contributed by atoms with van der Waals surface area (Å²) in [5.74, 6) is -0.551. The fourth-order valence-electron chi connectivity index (χ4n) is 4.08. The van der Waals surface area contributed by atoms with Crippen LogP contribution >= 0.6 is 0 Å². The van der Waals surface area contributed by atoms with E-state index in [0.717, 1.165) is 16.8 Å². The van der Waals surface area contributed by atoms with Crippen molar-refractivity contribution in [1.82, 2.24) is 14.7 Å². The monoisotopic (exact) mass is 439 g/mol. The largest absolute Gasteiger partial charge is 0.485 e. The smallest absolute Gasteiger partial charge is 0.336 e. The lowest BCUT2D eigenvalue weighted by molar-refractivity contribution is -0.628. The molecule has 5 aromatic rings. The van der Waals surface area contributed by atoms with Crippen molar-refractivity contribution in [3.8, 4) is 17.1 Å². The number of fused-ring (bicyclic) bond motifs is 2. The van der Waals surface area contributed by atoms with E-state index in [-0.39, 0.29) is 11.7 Å². The number of pyridine rings is 1. The Kier molecular flexibility index (Phi) is 5.01. The summed E-state index contributed by atoms with van der Waals surface area (Å²) < 4.78 is 9.83. The Morgan fingerprint density at radius 3 is 2.61 bits per heavy atom. The Bertz CT molecular complexity index is 1510. The predicted octanol–water partition coefficient (Wildman–Crippen LogP) is 4.59. The first-order valence-electron chi connectivity index (χ1n) is 10.7. The molecule has 0 spiro atoms. The molecule has 0 aliphatic carbocycles. The highest BCUT2D eigenvalue weighted by atomic mass is 16.5. The van der Waals surface area contributed by atoms with Gasteiger partial charge in [0.15, 0.2) is 5.69 Å². The lowest BCUT2D eigenvalue weighted by Crippen LogP contribution is -2.29. The zero-order chi connectivity index (χ0) is 23.1. The van der Waals surface area contributed by atoms with Gasteiger partial charge in [0.2, 0.25) is 0 Å². The molecule has 1 atom stereocenters. The van der Waals surface area contributed by atoms with Gasteiger partial charge in [0.1, 0.15) is 23.7 Å². The van der Waals surface area contributed by atoms with Gasteiger partial charge in [0, 0.05) is 6.92 Å². The Labute approximate surface area is 190 Å². The lowest BCUT2D eigenvalue weighted by atomic mass is 10.0. The van der Waals surface area contributed by atoms with Crippen LogP contribution in [-0.4, -0.2) is 25.8 Å². The molecule has 3 heterocycles. The third-order valence-corrected chi connectivity index (χ3v) is 5.84. The molecule has 0 radical (unpaired) electrons. The van der Waals surface area contributed by atoms with Crippen LogP contribution in [0, 0.1) is 13.8 Å². The minimum Gasteiger partial charge on any atom is -0.485 e. The van der Waals surface area contributed by atoms with Crippen molar-refractivity contribution in [1.29, 1.82) is 0 Å². The van der Waals surface area contributed by atoms with Gasteiger partial charge in [-0.2, -0.15) is 0 Å². The van der Waals surface area contributed by atoms with Crippen molar-refractivity contribution < 1.29 is 19.2 Å². The first-order chi connectivity index (χ1) is 15.9. The second-order valence-corrected chi connectivity index (χ2v) is 8.02. The molecular weight excluding hydrogens is 416 g/mol. The number of hydrogen-bond acceptors (Lipinski definition) is 4. The molecule has 7 heteroatoms. The molecule has 0 saturated heterocycles. The summed E-state index contributed by atoms with van der Waals surface area (Å²) in [6, 6.07) is 18.9. The molecule has 7 nitrogen and oxygen atoms in total. The normalized spacial score (nSPS) is 12.2. The predicted molar refractivity (Wildman–Crippen MR) is 124 cm³/mol. The highest BCUT2D eigenvalue weighted by molar-refractivity contribution is 6.07. The average molecular weight is 439 g/mol. The van der Waals surface area contributed by atoms with Crippen LogP contribution in [0.15, 0.2) is 73.1 Å². The summed E-state index contributed by atoms with van der Waals surface area (Å²) >= 11 is 0. The summed E-state index contributed by atoms with van der Waals surface area (Å²) in [5, 5.41) is 15.2. The minimum atomic E-state index is -1.04. The number of benzene rings is 2. The van der Waals surface area contributed by atoms with Crippen molar-refractivity contribution in [2.45, 2.75) is 26.9 Å². The van der Waals surface area contributed by atoms with Crippen LogP contribution in [0.1, 0.15) is 40.2 Å². The molecule has 0 bridgehead atoms. The molecular formula is C26H23N4O3+. The maximum absolute atomic E-state index is 12.4. The molecule has 0 saturated carbocycles. The van der Waals surface area contributed by atoms with E-state index in [9.17, 15) is 9.90 Å². The molecule has 0 fully saturated rings. The first-order valence-corrected chi connectivity index (χ1v) is 10.7. The standard InChI is InChI=1S/C26H22N4O3/c1-16-11-12-22(33-18(3)19-9-5-4-6-10-19)23-20(26(31)32)15-21(27-24(16)23)25-17(2)29-13-7-8-14-30(29)28-25/h4-15,18H,1-3H3/p+1/t18-/m0/s1. The molecule has 0 aliphatic rings. The third-order valence-electron chi connectivity index (χ3n) is 5.84. The van der Waals surface area contributed by atoms with Gasteiger partial charge in [0.05, 0.1) is 27.8 Å². The van der Waals surface area contributed by atoms with E-state index in [1.165, 1.54) is 0 Å². The van der Waals surface area contributed by atoms with Gasteiger partial charge in [-0.25, -0.2) is 9.78 Å². The van der Waals surface area contributed by atoms with Gasteiger partial charge in [-0.15, -0.1) is 4.52 Å². The number of hydrogen-bond donors (Lipinski definition) is 1. The highest BCUT2D eigenvalue weighted by Crippen LogP contribution is 2.35. The van der Waals surface area contributed by atoms with Crippen LogP contribution in [0.25, 0.3) is 22.3 Å². The fourth-order valence-corrected chi connectivity index (χ4v) is 4.08. The van der Waals surface area contributed by atoms with Crippen LogP contribution in [0.5, 0.6) is 5.75 Å². The van der Waals surface area contributed by atoms with E-state index in [4.69, 9.17) is 9.72 Å². The molecule has 5 rings (SSSR count). The molecule has 164 valence electrons. The molecule has 2 aromatic carbocycles. The van der Waals surface area contributed by atoms with Crippen molar-refractivity contribution in [3.05, 3.63) is 95.4 Å². The average Bonchev–Trinajstić information content (AvgIpc) is 3.17. The van der Waals surface area contributed by atoms with E-state index in [0.29, 0.717) is 28.0 Å². The number of aromatic carboxylic acids is 1. The summed E-state index contributed by atoms with van der Waals surface area (Å²) in [6.45, 7) is 5.80. The summed E-state index contributed by atoms with van der Waals surface area (Å²) in [4.78, 5) is 17.2. The minimum absolute atomic E-state index is 0.135. The third kappa shape index (κ3) is 3.57. The molecule has 0 aliphatic heterocycles. The molecule has 0 amide bonds. The second-order valence-electron chi connectivity index (χ2n) is 8.02.